The lowest BCUT2D eigenvalue weighted by atomic mass is 10.5. The zero-order valence-corrected chi connectivity index (χ0v) is 5.00. The van der Waals surface area contributed by atoms with Gasteiger partial charge in [-0.2, -0.15) is 4.57 Å². The van der Waals surface area contributed by atoms with Crippen molar-refractivity contribution in [3.05, 3.63) is 37.2 Å². The van der Waals surface area contributed by atoms with E-state index in [1.165, 1.54) is 0 Å². The van der Waals surface area contributed by atoms with Crippen molar-refractivity contribution in [2.24, 2.45) is 0 Å². The molecule has 0 saturated heterocycles. The molecule has 0 saturated carbocycles. The molecule has 48 valence electrons. The summed E-state index contributed by atoms with van der Waals surface area (Å²) < 4.78 is 1.89. The number of halogens is 1. The zero-order valence-electron chi connectivity index (χ0n) is 5.00. The maximum Gasteiger partial charge on any atom is 0.174 e. The van der Waals surface area contributed by atoms with Crippen LogP contribution in [0.25, 0.3) is 6.20 Å². The van der Waals surface area contributed by atoms with E-state index in [0.29, 0.717) is 0 Å². The summed E-state index contributed by atoms with van der Waals surface area (Å²) in [6.45, 7) is 3.59. The van der Waals surface area contributed by atoms with Crippen molar-refractivity contribution in [1.29, 1.82) is 0 Å². The minimum Gasteiger partial charge on any atom is -1.00 e. The fraction of sp³-hybridized carbons (Fsp3) is 0. The molecule has 1 nitrogen and oxygen atoms in total. The first kappa shape index (κ1) is 7.82. The van der Waals surface area contributed by atoms with Gasteiger partial charge < -0.3 is 4.70 Å². The fourth-order valence-corrected chi connectivity index (χ4v) is 0.534. The second-order valence-electron chi connectivity index (χ2n) is 1.51. The van der Waals surface area contributed by atoms with Gasteiger partial charge in [0.2, 0.25) is 0 Å². The number of pyridine rings is 1. The van der Waals surface area contributed by atoms with E-state index >= 15 is 0 Å². The standard InChI is InChI=1S/C7H8N.FH/c1-2-8-6-4-3-5-7-8;/h2-7H,1H2;1H/q+1;/p-1. The third-order valence-corrected chi connectivity index (χ3v) is 0.949. The number of rotatable bonds is 1. The van der Waals surface area contributed by atoms with Gasteiger partial charge in [-0.1, -0.05) is 6.07 Å². The van der Waals surface area contributed by atoms with E-state index in [9.17, 15) is 0 Å². The van der Waals surface area contributed by atoms with Gasteiger partial charge in [0.25, 0.3) is 0 Å². The first-order chi connectivity index (χ1) is 3.93. The lowest BCUT2D eigenvalue weighted by Crippen LogP contribution is -3.00. The molecule has 1 aromatic heterocycles. The van der Waals surface area contributed by atoms with E-state index in [4.69, 9.17) is 0 Å². The molecular weight excluding hydrogens is 117 g/mol. The predicted octanol–water partition coefficient (Wildman–Crippen LogP) is -1.92. The van der Waals surface area contributed by atoms with E-state index in [0.717, 1.165) is 0 Å². The van der Waals surface area contributed by atoms with Crippen LogP contribution in [-0.4, -0.2) is 0 Å². The minimum atomic E-state index is 0. The van der Waals surface area contributed by atoms with Crippen LogP contribution in [0, 0.1) is 0 Å². The quantitative estimate of drug-likeness (QED) is 0.385. The number of nitrogens with zero attached hydrogens (tertiary/aromatic N) is 1. The predicted molar refractivity (Wildman–Crippen MR) is 33.0 cm³/mol. The highest BCUT2D eigenvalue weighted by Gasteiger charge is 1.83. The average molecular weight is 125 g/mol. The normalized spacial score (nSPS) is 7.56. The van der Waals surface area contributed by atoms with Crippen LogP contribution in [-0.2, 0) is 0 Å². The second kappa shape index (κ2) is 3.78. The van der Waals surface area contributed by atoms with Gasteiger partial charge in [-0.05, 0) is 6.58 Å². The molecule has 0 N–H and O–H groups in total. The van der Waals surface area contributed by atoms with E-state index < -0.39 is 0 Å². The maximum atomic E-state index is 3.59. The molecule has 0 unspecified atom stereocenters. The number of hydrogen-bond acceptors (Lipinski definition) is 0. The Morgan fingerprint density at radius 3 is 2.00 bits per heavy atom. The first-order valence-electron chi connectivity index (χ1n) is 2.52. The monoisotopic (exact) mass is 125 g/mol. The summed E-state index contributed by atoms with van der Waals surface area (Å²) in [6.07, 6.45) is 5.62. The van der Waals surface area contributed by atoms with Gasteiger partial charge in [0.15, 0.2) is 18.6 Å². The molecule has 0 aliphatic carbocycles. The van der Waals surface area contributed by atoms with E-state index in [1.54, 1.807) is 6.20 Å². The third kappa shape index (κ3) is 2.04. The molecule has 2 heteroatoms. The van der Waals surface area contributed by atoms with Crippen molar-refractivity contribution < 1.29 is 9.27 Å². The van der Waals surface area contributed by atoms with E-state index in [-0.39, 0.29) is 4.70 Å². The minimum absolute atomic E-state index is 0. The fourth-order valence-electron chi connectivity index (χ4n) is 0.534. The van der Waals surface area contributed by atoms with Crippen molar-refractivity contribution >= 4 is 6.20 Å². The lowest BCUT2D eigenvalue weighted by molar-refractivity contribution is -0.567. The molecule has 0 aromatic carbocycles. The Labute approximate surface area is 53.6 Å². The molecule has 0 radical (unpaired) electrons. The van der Waals surface area contributed by atoms with Gasteiger partial charge in [0.05, 0.1) is 0 Å². The molecule has 1 aromatic rings. The summed E-state index contributed by atoms with van der Waals surface area (Å²) in [5, 5.41) is 0. The Balaban J connectivity index is 0.000000640. The van der Waals surface area contributed by atoms with Crippen LogP contribution in [0.2, 0.25) is 0 Å². The molecule has 0 aliphatic rings. The average Bonchev–Trinajstić information content (AvgIpc) is 1.90. The zero-order chi connectivity index (χ0) is 5.82. The van der Waals surface area contributed by atoms with Crippen LogP contribution in [0.5, 0.6) is 0 Å². The first-order valence-corrected chi connectivity index (χ1v) is 2.52. The van der Waals surface area contributed by atoms with E-state index in [1.807, 2.05) is 35.2 Å². The maximum absolute atomic E-state index is 3.59. The third-order valence-electron chi connectivity index (χ3n) is 0.949. The largest absolute Gasteiger partial charge is 1.00 e. The molecule has 0 amide bonds. The molecular formula is C7H8FN. The van der Waals surface area contributed by atoms with Crippen LogP contribution < -0.4 is 9.27 Å². The summed E-state index contributed by atoms with van der Waals surface area (Å²) >= 11 is 0. The van der Waals surface area contributed by atoms with Crippen molar-refractivity contribution in [1.82, 2.24) is 0 Å². The van der Waals surface area contributed by atoms with Gasteiger partial charge >= 0.3 is 0 Å². The molecule has 1 rings (SSSR count). The van der Waals surface area contributed by atoms with Crippen LogP contribution in [0.1, 0.15) is 0 Å². The Morgan fingerprint density at radius 2 is 1.67 bits per heavy atom. The van der Waals surface area contributed by atoms with Gasteiger partial charge in [0.1, 0.15) is 0 Å². The van der Waals surface area contributed by atoms with Crippen LogP contribution >= 0.6 is 0 Å². The van der Waals surface area contributed by atoms with Crippen LogP contribution in [0.4, 0.5) is 0 Å². The molecule has 0 atom stereocenters. The molecule has 0 aliphatic heterocycles. The molecule has 0 fully saturated rings. The summed E-state index contributed by atoms with van der Waals surface area (Å²) in [6, 6.07) is 5.89. The highest BCUT2D eigenvalue weighted by molar-refractivity contribution is 4.97. The van der Waals surface area contributed by atoms with Crippen molar-refractivity contribution in [2.45, 2.75) is 0 Å². The van der Waals surface area contributed by atoms with Crippen LogP contribution in [0.15, 0.2) is 37.2 Å². The van der Waals surface area contributed by atoms with Gasteiger partial charge in [-0.25, -0.2) is 0 Å². The Kier molecular flexibility index (Phi) is 3.28. The molecule has 9 heavy (non-hydrogen) atoms. The van der Waals surface area contributed by atoms with Crippen molar-refractivity contribution in [2.75, 3.05) is 0 Å². The van der Waals surface area contributed by atoms with Gasteiger partial charge in [0, 0.05) is 12.1 Å². The Bertz CT molecular complexity index is 172. The summed E-state index contributed by atoms with van der Waals surface area (Å²) in [4.78, 5) is 0. The highest BCUT2D eigenvalue weighted by Crippen LogP contribution is 1.74. The van der Waals surface area contributed by atoms with E-state index in [2.05, 4.69) is 6.58 Å². The summed E-state index contributed by atoms with van der Waals surface area (Å²) in [5.74, 6) is 0. The highest BCUT2D eigenvalue weighted by atomic mass is 19.0. The Hall–Kier alpha value is -1.18. The molecule has 0 spiro atoms. The number of aromatic nitrogens is 1. The van der Waals surface area contributed by atoms with Crippen molar-refractivity contribution in [3.63, 3.8) is 0 Å². The smallest absolute Gasteiger partial charge is 0.174 e. The Morgan fingerprint density at radius 1 is 1.11 bits per heavy atom. The van der Waals surface area contributed by atoms with Gasteiger partial charge in [-0.3, -0.25) is 0 Å². The summed E-state index contributed by atoms with van der Waals surface area (Å²) in [7, 11) is 0. The topological polar surface area (TPSA) is 3.88 Å². The molecule has 0 bridgehead atoms. The van der Waals surface area contributed by atoms with Crippen molar-refractivity contribution in [3.8, 4) is 0 Å². The number of hydrogen-bond donors (Lipinski definition) is 0. The van der Waals surface area contributed by atoms with Crippen LogP contribution in [0.3, 0.4) is 0 Å². The van der Waals surface area contributed by atoms with Gasteiger partial charge in [-0.15, -0.1) is 0 Å². The summed E-state index contributed by atoms with van der Waals surface area (Å²) in [5.41, 5.74) is 0. The lowest BCUT2D eigenvalue weighted by Gasteiger charge is -1.79. The molecule has 1 heterocycles. The SMILES string of the molecule is C=C[n+]1ccccc1.[F-]. The second-order valence-corrected chi connectivity index (χ2v) is 1.51.